The number of benzene rings is 2. The van der Waals surface area contributed by atoms with Crippen molar-refractivity contribution < 1.29 is 13.3 Å². The molecule has 0 bridgehead atoms. The number of rotatable bonds is 6. The Kier molecular flexibility index (Phi) is 6.03. The van der Waals surface area contributed by atoms with Crippen molar-refractivity contribution in [1.82, 2.24) is 4.90 Å². The maximum Gasteiger partial charge on any atom is 0.289 e. The van der Waals surface area contributed by atoms with E-state index in [1.54, 1.807) is 23.9 Å². The Bertz CT molecular complexity index is 908. The Labute approximate surface area is 163 Å². The first kappa shape index (κ1) is 19.7. The van der Waals surface area contributed by atoms with Crippen molar-refractivity contribution in [3.63, 3.8) is 0 Å². The standard InChI is InChI=1S/C18H21N3O4S2/c1-20-12-10-16(11-13-20)26-15-8-6-14(7-9-15)19-27(24,25)18-5-3-2-4-17(18)21(22)23/h2-9,16,19H,10-13H2,1H3. The van der Waals surface area contributed by atoms with E-state index in [1.165, 1.54) is 24.3 Å². The van der Waals surface area contributed by atoms with E-state index in [-0.39, 0.29) is 4.90 Å². The number of nitrogens with zero attached hydrogens (tertiary/aromatic N) is 2. The number of hydrogen-bond donors (Lipinski definition) is 1. The second-order valence-corrected chi connectivity index (χ2v) is 9.50. The molecule has 0 aromatic heterocycles. The molecule has 27 heavy (non-hydrogen) atoms. The second kappa shape index (κ2) is 8.28. The number of likely N-dealkylation sites (tertiary alicyclic amines) is 1. The number of hydrogen-bond acceptors (Lipinski definition) is 6. The normalized spacial score (nSPS) is 16.2. The average Bonchev–Trinajstić information content (AvgIpc) is 2.65. The van der Waals surface area contributed by atoms with E-state index >= 15 is 0 Å². The van der Waals surface area contributed by atoms with Crippen molar-refractivity contribution >= 4 is 33.2 Å². The Morgan fingerprint density at radius 1 is 1.11 bits per heavy atom. The zero-order chi connectivity index (χ0) is 19.4. The molecule has 3 rings (SSSR count). The number of piperidine rings is 1. The molecule has 0 saturated carbocycles. The topological polar surface area (TPSA) is 92.6 Å². The number of nitro groups is 1. The van der Waals surface area contributed by atoms with Crippen LogP contribution in [0.1, 0.15) is 12.8 Å². The summed E-state index contributed by atoms with van der Waals surface area (Å²) >= 11 is 1.80. The predicted octanol–water partition coefficient (Wildman–Crippen LogP) is 3.58. The molecule has 1 saturated heterocycles. The van der Waals surface area contributed by atoms with Gasteiger partial charge in [0.25, 0.3) is 15.7 Å². The van der Waals surface area contributed by atoms with Gasteiger partial charge in [0.15, 0.2) is 4.90 Å². The maximum absolute atomic E-state index is 12.5. The molecule has 7 nitrogen and oxygen atoms in total. The third-order valence-corrected chi connectivity index (χ3v) is 7.20. The van der Waals surface area contributed by atoms with Crippen molar-refractivity contribution in [2.45, 2.75) is 27.9 Å². The van der Waals surface area contributed by atoms with E-state index in [2.05, 4.69) is 16.7 Å². The van der Waals surface area contributed by atoms with Gasteiger partial charge in [-0.25, -0.2) is 8.42 Å². The van der Waals surface area contributed by atoms with Crippen molar-refractivity contribution in [3.05, 3.63) is 58.6 Å². The van der Waals surface area contributed by atoms with Crippen LogP contribution in [0.3, 0.4) is 0 Å². The van der Waals surface area contributed by atoms with Gasteiger partial charge >= 0.3 is 0 Å². The first-order valence-corrected chi connectivity index (χ1v) is 10.9. The van der Waals surface area contributed by atoms with Crippen molar-refractivity contribution in [3.8, 4) is 0 Å². The molecule has 1 fully saturated rings. The summed E-state index contributed by atoms with van der Waals surface area (Å²) in [5, 5.41) is 11.6. The van der Waals surface area contributed by atoms with E-state index in [0.29, 0.717) is 10.9 Å². The lowest BCUT2D eigenvalue weighted by Gasteiger charge is -2.28. The molecular formula is C18H21N3O4S2. The van der Waals surface area contributed by atoms with Gasteiger partial charge in [0.1, 0.15) is 0 Å². The first-order chi connectivity index (χ1) is 12.8. The molecule has 9 heteroatoms. The molecule has 1 heterocycles. The van der Waals surface area contributed by atoms with Crippen LogP contribution in [-0.4, -0.2) is 43.6 Å². The Morgan fingerprint density at radius 2 is 1.74 bits per heavy atom. The van der Waals surface area contributed by atoms with Crippen LogP contribution in [0.4, 0.5) is 11.4 Å². The maximum atomic E-state index is 12.5. The van der Waals surface area contributed by atoms with Crippen molar-refractivity contribution in [2.75, 3.05) is 24.9 Å². The number of thioether (sulfide) groups is 1. The summed E-state index contributed by atoms with van der Waals surface area (Å²) in [6.07, 6.45) is 2.26. The summed E-state index contributed by atoms with van der Waals surface area (Å²) in [5.41, 5.74) is -0.0691. The van der Waals surface area contributed by atoms with Crippen LogP contribution in [0.2, 0.25) is 0 Å². The van der Waals surface area contributed by atoms with E-state index in [1.807, 2.05) is 12.1 Å². The quantitative estimate of drug-likeness (QED) is 0.581. The predicted molar refractivity (Wildman–Crippen MR) is 107 cm³/mol. The molecular weight excluding hydrogens is 386 g/mol. The van der Waals surface area contributed by atoms with Gasteiger partial charge in [-0.1, -0.05) is 12.1 Å². The zero-order valence-corrected chi connectivity index (χ0v) is 16.5. The summed E-state index contributed by atoms with van der Waals surface area (Å²) in [4.78, 5) is 13.4. The number of anilines is 1. The highest BCUT2D eigenvalue weighted by molar-refractivity contribution is 8.00. The third kappa shape index (κ3) is 5.00. The van der Waals surface area contributed by atoms with Crippen molar-refractivity contribution in [2.24, 2.45) is 0 Å². The molecule has 1 aliphatic rings. The summed E-state index contributed by atoms with van der Waals surface area (Å²) < 4.78 is 27.5. The zero-order valence-electron chi connectivity index (χ0n) is 14.9. The van der Waals surface area contributed by atoms with E-state index in [9.17, 15) is 18.5 Å². The van der Waals surface area contributed by atoms with Gasteiger partial charge in [-0.3, -0.25) is 14.8 Å². The third-order valence-electron chi connectivity index (χ3n) is 4.43. The molecule has 0 radical (unpaired) electrons. The fourth-order valence-electron chi connectivity index (χ4n) is 2.94. The lowest BCUT2D eigenvalue weighted by molar-refractivity contribution is -0.387. The Balaban J connectivity index is 1.70. The van der Waals surface area contributed by atoms with Gasteiger partial charge in [-0.2, -0.15) is 0 Å². The van der Waals surface area contributed by atoms with Crippen LogP contribution in [0.25, 0.3) is 0 Å². The minimum Gasteiger partial charge on any atom is -0.306 e. The monoisotopic (exact) mass is 407 g/mol. The van der Waals surface area contributed by atoms with Gasteiger partial charge in [0.2, 0.25) is 0 Å². The molecule has 1 N–H and O–H groups in total. The minimum atomic E-state index is -4.04. The molecule has 2 aromatic carbocycles. The van der Waals surface area contributed by atoms with Gasteiger partial charge in [-0.05, 0) is 63.3 Å². The highest BCUT2D eigenvalue weighted by Gasteiger charge is 2.25. The summed E-state index contributed by atoms with van der Waals surface area (Å²) in [5.74, 6) is 0. The number of sulfonamides is 1. The van der Waals surface area contributed by atoms with Gasteiger partial charge in [0, 0.05) is 21.9 Å². The lowest BCUT2D eigenvalue weighted by Crippen LogP contribution is -2.31. The van der Waals surface area contributed by atoms with Gasteiger partial charge in [0.05, 0.1) is 4.92 Å². The second-order valence-electron chi connectivity index (χ2n) is 6.48. The van der Waals surface area contributed by atoms with E-state index in [4.69, 9.17) is 0 Å². The van der Waals surface area contributed by atoms with Gasteiger partial charge in [-0.15, -0.1) is 11.8 Å². The molecule has 0 spiro atoms. The smallest absolute Gasteiger partial charge is 0.289 e. The Hall–Kier alpha value is -2.10. The van der Waals surface area contributed by atoms with E-state index in [0.717, 1.165) is 30.8 Å². The van der Waals surface area contributed by atoms with E-state index < -0.39 is 20.6 Å². The number of nitrogens with one attached hydrogen (secondary N) is 1. The van der Waals surface area contributed by atoms with Crippen LogP contribution in [0.15, 0.2) is 58.3 Å². The molecule has 1 aliphatic heterocycles. The van der Waals surface area contributed by atoms with Gasteiger partial charge < -0.3 is 4.90 Å². The van der Waals surface area contributed by atoms with Crippen LogP contribution < -0.4 is 4.72 Å². The SMILES string of the molecule is CN1CCC(Sc2ccc(NS(=O)(=O)c3ccccc3[N+](=O)[O-])cc2)CC1. The largest absolute Gasteiger partial charge is 0.306 e. The molecule has 0 atom stereocenters. The van der Waals surface area contributed by atoms with Crippen molar-refractivity contribution in [1.29, 1.82) is 0 Å². The highest BCUT2D eigenvalue weighted by atomic mass is 32.2. The summed E-state index contributed by atoms with van der Waals surface area (Å²) in [6, 6.07) is 12.4. The molecule has 2 aromatic rings. The average molecular weight is 408 g/mol. The fraction of sp³-hybridized carbons (Fsp3) is 0.333. The summed E-state index contributed by atoms with van der Waals surface area (Å²) in [6.45, 7) is 2.18. The van der Waals surface area contributed by atoms with Crippen LogP contribution in [0, 0.1) is 10.1 Å². The Morgan fingerprint density at radius 3 is 2.37 bits per heavy atom. The molecule has 0 unspecified atom stereocenters. The summed E-state index contributed by atoms with van der Waals surface area (Å²) in [7, 11) is -1.92. The lowest BCUT2D eigenvalue weighted by atomic mass is 10.1. The number of para-hydroxylation sites is 1. The van der Waals surface area contributed by atoms with Crippen LogP contribution >= 0.6 is 11.8 Å². The highest BCUT2D eigenvalue weighted by Crippen LogP contribution is 2.31. The number of nitro benzene ring substituents is 1. The fourth-order valence-corrected chi connectivity index (χ4v) is 5.30. The molecule has 0 aliphatic carbocycles. The first-order valence-electron chi connectivity index (χ1n) is 8.57. The minimum absolute atomic E-state index is 0.347. The molecule has 0 amide bonds. The van der Waals surface area contributed by atoms with Crippen LogP contribution in [0.5, 0.6) is 0 Å². The van der Waals surface area contributed by atoms with Crippen LogP contribution in [-0.2, 0) is 10.0 Å². The molecule has 144 valence electrons.